The van der Waals surface area contributed by atoms with Crippen molar-refractivity contribution in [3.05, 3.63) is 90.5 Å². The minimum Gasteiger partial charge on any atom is -0.486 e. The minimum atomic E-state index is 0.0391. The molecular formula is C20H18O. The third-order valence-electron chi connectivity index (χ3n) is 3.54. The van der Waals surface area contributed by atoms with Crippen molar-refractivity contribution in [1.82, 2.24) is 0 Å². The average molecular weight is 274 g/mol. The van der Waals surface area contributed by atoms with Crippen LogP contribution in [0.25, 0.3) is 11.1 Å². The molecule has 0 fully saturated rings. The van der Waals surface area contributed by atoms with Crippen LogP contribution in [0.5, 0.6) is 5.75 Å². The van der Waals surface area contributed by atoms with Gasteiger partial charge < -0.3 is 4.74 Å². The Hall–Kier alpha value is -2.54. The van der Waals surface area contributed by atoms with Crippen molar-refractivity contribution < 1.29 is 4.74 Å². The lowest BCUT2D eigenvalue weighted by atomic mass is 10.0. The highest BCUT2D eigenvalue weighted by atomic mass is 16.5. The molecule has 0 heterocycles. The SMILES string of the molecule is CC(Oc1ccccc1)c1ccc(-c2ccccc2)cc1. The molecule has 3 aromatic rings. The Balaban J connectivity index is 1.75. The van der Waals surface area contributed by atoms with E-state index in [4.69, 9.17) is 4.74 Å². The Labute approximate surface area is 125 Å². The lowest BCUT2D eigenvalue weighted by molar-refractivity contribution is 0.227. The molecule has 1 heteroatoms. The van der Waals surface area contributed by atoms with Crippen molar-refractivity contribution in [1.29, 1.82) is 0 Å². The molecule has 21 heavy (non-hydrogen) atoms. The van der Waals surface area contributed by atoms with Crippen LogP contribution < -0.4 is 4.74 Å². The molecule has 0 radical (unpaired) electrons. The van der Waals surface area contributed by atoms with Crippen molar-refractivity contribution in [3.8, 4) is 16.9 Å². The molecule has 1 nitrogen and oxygen atoms in total. The van der Waals surface area contributed by atoms with E-state index in [1.807, 2.05) is 36.4 Å². The smallest absolute Gasteiger partial charge is 0.121 e. The molecule has 0 bridgehead atoms. The third-order valence-corrected chi connectivity index (χ3v) is 3.54. The zero-order chi connectivity index (χ0) is 14.5. The molecular weight excluding hydrogens is 256 g/mol. The van der Waals surface area contributed by atoms with Crippen molar-refractivity contribution in [3.63, 3.8) is 0 Å². The summed E-state index contributed by atoms with van der Waals surface area (Å²) in [5.74, 6) is 0.900. The fourth-order valence-electron chi connectivity index (χ4n) is 2.35. The number of hydrogen-bond acceptors (Lipinski definition) is 1. The van der Waals surface area contributed by atoms with Gasteiger partial charge >= 0.3 is 0 Å². The molecule has 0 saturated carbocycles. The average Bonchev–Trinajstić information content (AvgIpc) is 2.57. The van der Waals surface area contributed by atoms with Gasteiger partial charge in [-0.15, -0.1) is 0 Å². The van der Waals surface area contributed by atoms with Gasteiger partial charge in [-0.05, 0) is 35.7 Å². The van der Waals surface area contributed by atoms with E-state index in [-0.39, 0.29) is 6.10 Å². The summed E-state index contributed by atoms with van der Waals surface area (Å²) in [6, 6.07) is 28.9. The van der Waals surface area contributed by atoms with Crippen molar-refractivity contribution in [2.45, 2.75) is 13.0 Å². The van der Waals surface area contributed by atoms with Gasteiger partial charge in [0.05, 0.1) is 0 Å². The topological polar surface area (TPSA) is 9.23 Å². The molecule has 0 N–H and O–H groups in total. The molecule has 1 atom stereocenters. The molecule has 0 aliphatic carbocycles. The van der Waals surface area contributed by atoms with Gasteiger partial charge in [0.2, 0.25) is 0 Å². The zero-order valence-electron chi connectivity index (χ0n) is 12.1. The summed E-state index contributed by atoms with van der Waals surface area (Å²) in [4.78, 5) is 0. The summed E-state index contributed by atoms with van der Waals surface area (Å²) < 4.78 is 5.95. The van der Waals surface area contributed by atoms with Gasteiger partial charge in [0, 0.05) is 0 Å². The molecule has 104 valence electrons. The van der Waals surface area contributed by atoms with E-state index in [2.05, 4.69) is 55.5 Å². The highest BCUT2D eigenvalue weighted by Crippen LogP contribution is 2.24. The highest BCUT2D eigenvalue weighted by molar-refractivity contribution is 5.63. The van der Waals surface area contributed by atoms with E-state index < -0.39 is 0 Å². The standard InChI is InChI=1S/C20H18O/c1-16(21-20-10-6-3-7-11-20)17-12-14-19(15-13-17)18-8-4-2-5-9-18/h2-16H,1H3. The Bertz CT molecular complexity index is 672. The lowest BCUT2D eigenvalue weighted by Gasteiger charge is -2.15. The molecule has 0 saturated heterocycles. The zero-order valence-corrected chi connectivity index (χ0v) is 12.1. The van der Waals surface area contributed by atoms with Gasteiger partial charge in [0.25, 0.3) is 0 Å². The number of ether oxygens (including phenoxy) is 1. The van der Waals surface area contributed by atoms with Crippen molar-refractivity contribution in [2.75, 3.05) is 0 Å². The quantitative estimate of drug-likeness (QED) is 0.611. The predicted molar refractivity (Wildman–Crippen MR) is 87.4 cm³/mol. The molecule has 0 amide bonds. The Morgan fingerprint density at radius 1 is 0.619 bits per heavy atom. The van der Waals surface area contributed by atoms with E-state index in [1.54, 1.807) is 0 Å². The maximum atomic E-state index is 5.95. The van der Waals surface area contributed by atoms with Gasteiger partial charge in [-0.2, -0.15) is 0 Å². The second-order valence-corrected chi connectivity index (χ2v) is 5.06. The summed E-state index contributed by atoms with van der Waals surface area (Å²) in [5, 5.41) is 0. The van der Waals surface area contributed by atoms with Gasteiger partial charge in [0.15, 0.2) is 0 Å². The van der Waals surface area contributed by atoms with E-state index >= 15 is 0 Å². The third kappa shape index (κ3) is 3.32. The second-order valence-electron chi connectivity index (χ2n) is 5.06. The first-order chi connectivity index (χ1) is 10.3. The van der Waals surface area contributed by atoms with Crippen LogP contribution in [0.2, 0.25) is 0 Å². The number of hydrogen-bond donors (Lipinski definition) is 0. The van der Waals surface area contributed by atoms with E-state index in [1.165, 1.54) is 16.7 Å². The first-order valence-corrected chi connectivity index (χ1v) is 7.20. The van der Waals surface area contributed by atoms with Crippen molar-refractivity contribution >= 4 is 0 Å². The van der Waals surface area contributed by atoms with Gasteiger partial charge in [-0.3, -0.25) is 0 Å². The van der Waals surface area contributed by atoms with Crippen LogP contribution in [0.4, 0.5) is 0 Å². The molecule has 0 aliphatic rings. The normalized spacial score (nSPS) is 11.9. The van der Waals surface area contributed by atoms with E-state index in [0.717, 1.165) is 5.75 Å². The van der Waals surface area contributed by atoms with Crippen molar-refractivity contribution in [2.24, 2.45) is 0 Å². The van der Waals surface area contributed by atoms with Crippen LogP contribution in [-0.4, -0.2) is 0 Å². The van der Waals surface area contributed by atoms with Crippen LogP contribution in [0.15, 0.2) is 84.9 Å². The summed E-state index contributed by atoms with van der Waals surface area (Å²) >= 11 is 0. The number of rotatable bonds is 4. The van der Waals surface area contributed by atoms with E-state index in [9.17, 15) is 0 Å². The Kier molecular flexibility index (Phi) is 4.02. The van der Waals surface area contributed by atoms with Crippen LogP contribution in [-0.2, 0) is 0 Å². The summed E-state index contributed by atoms with van der Waals surface area (Å²) in [6.45, 7) is 2.07. The molecule has 1 unspecified atom stereocenters. The van der Waals surface area contributed by atoms with Crippen LogP contribution in [0.3, 0.4) is 0 Å². The summed E-state index contributed by atoms with van der Waals surface area (Å²) in [5.41, 5.74) is 3.64. The highest BCUT2D eigenvalue weighted by Gasteiger charge is 2.07. The Morgan fingerprint density at radius 2 is 1.14 bits per heavy atom. The molecule has 3 rings (SSSR count). The fraction of sp³-hybridized carbons (Fsp3) is 0.100. The monoisotopic (exact) mass is 274 g/mol. The molecule has 3 aromatic carbocycles. The Morgan fingerprint density at radius 3 is 1.76 bits per heavy atom. The molecule has 0 aliphatic heterocycles. The predicted octanol–water partition coefficient (Wildman–Crippen LogP) is 5.49. The summed E-state index contributed by atoms with van der Waals surface area (Å²) in [7, 11) is 0. The minimum absolute atomic E-state index is 0.0391. The van der Waals surface area contributed by atoms with Gasteiger partial charge in [0.1, 0.15) is 11.9 Å². The van der Waals surface area contributed by atoms with E-state index in [0.29, 0.717) is 0 Å². The van der Waals surface area contributed by atoms with Crippen LogP contribution in [0, 0.1) is 0 Å². The fourth-order valence-corrected chi connectivity index (χ4v) is 2.35. The number of benzene rings is 3. The first kappa shape index (κ1) is 13.4. The lowest BCUT2D eigenvalue weighted by Crippen LogP contribution is -2.02. The van der Waals surface area contributed by atoms with Gasteiger partial charge in [-0.1, -0.05) is 72.8 Å². The maximum absolute atomic E-state index is 5.95. The van der Waals surface area contributed by atoms with Crippen LogP contribution >= 0.6 is 0 Å². The van der Waals surface area contributed by atoms with Gasteiger partial charge in [-0.25, -0.2) is 0 Å². The second kappa shape index (κ2) is 6.27. The largest absolute Gasteiger partial charge is 0.486 e. The number of para-hydroxylation sites is 1. The van der Waals surface area contributed by atoms with Crippen LogP contribution in [0.1, 0.15) is 18.6 Å². The molecule has 0 spiro atoms. The molecule has 0 aromatic heterocycles. The first-order valence-electron chi connectivity index (χ1n) is 7.20. The maximum Gasteiger partial charge on any atom is 0.121 e. The summed E-state index contributed by atoms with van der Waals surface area (Å²) in [6.07, 6.45) is 0.0391.